The second-order valence-electron chi connectivity index (χ2n) is 7.04. The lowest BCUT2D eigenvalue weighted by atomic mass is 9.77. The lowest BCUT2D eigenvalue weighted by Gasteiger charge is -2.30. The number of nitrogens with one attached hydrogen (secondary N) is 1. The molecular formula is C21H24N2O4. The van der Waals surface area contributed by atoms with Crippen LogP contribution in [0.25, 0.3) is 0 Å². The second-order valence-corrected chi connectivity index (χ2v) is 7.04. The molecule has 1 saturated carbocycles. The van der Waals surface area contributed by atoms with E-state index in [2.05, 4.69) is 10.3 Å². The van der Waals surface area contributed by atoms with Crippen LogP contribution in [0.3, 0.4) is 0 Å². The van der Waals surface area contributed by atoms with E-state index in [1.54, 1.807) is 19.4 Å². The van der Waals surface area contributed by atoms with Crippen LogP contribution in [0.1, 0.15) is 36.8 Å². The summed E-state index contributed by atoms with van der Waals surface area (Å²) in [6, 6.07) is 9.62. The molecule has 27 heavy (non-hydrogen) atoms. The highest BCUT2D eigenvalue weighted by atomic mass is 16.6. The summed E-state index contributed by atoms with van der Waals surface area (Å²) in [6.45, 7) is 1.55. The summed E-state index contributed by atoms with van der Waals surface area (Å²) in [6.07, 6.45) is 5.51. The standard InChI is InChI=1S/C21H24N2O4/c1-25-19-7-4-15(13-22-19)14-23-20(24)21(8-2-3-9-21)16-5-6-17-18(12-16)27-11-10-26-17/h4-7,12-13H,2-3,8-11,14H2,1H3,(H,23,24). The third-order valence-corrected chi connectivity index (χ3v) is 5.45. The Morgan fingerprint density at radius 3 is 2.63 bits per heavy atom. The zero-order valence-electron chi connectivity index (χ0n) is 15.5. The van der Waals surface area contributed by atoms with Crippen molar-refractivity contribution in [3.8, 4) is 17.4 Å². The number of hydrogen-bond acceptors (Lipinski definition) is 5. The number of rotatable bonds is 5. The average molecular weight is 368 g/mol. The van der Waals surface area contributed by atoms with E-state index in [1.165, 1.54) is 0 Å². The number of ether oxygens (including phenoxy) is 3. The van der Waals surface area contributed by atoms with Crippen LogP contribution in [-0.4, -0.2) is 31.2 Å². The van der Waals surface area contributed by atoms with Gasteiger partial charge in [-0.25, -0.2) is 4.98 Å². The van der Waals surface area contributed by atoms with Gasteiger partial charge in [-0.3, -0.25) is 4.79 Å². The first-order chi connectivity index (χ1) is 13.2. The van der Waals surface area contributed by atoms with Crippen LogP contribution < -0.4 is 19.5 Å². The number of benzene rings is 1. The van der Waals surface area contributed by atoms with E-state index in [4.69, 9.17) is 14.2 Å². The average Bonchev–Trinajstić information content (AvgIpc) is 3.23. The van der Waals surface area contributed by atoms with Crippen molar-refractivity contribution in [3.05, 3.63) is 47.7 Å². The Hall–Kier alpha value is -2.76. The van der Waals surface area contributed by atoms with E-state index < -0.39 is 5.41 Å². The highest BCUT2D eigenvalue weighted by Crippen LogP contribution is 2.44. The summed E-state index contributed by atoms with van der Waals surface area (Å²) >= 11 is 0. The SMILES string of the molecule is COc1ccc(CNC(=O)C2(c3ccc4c(c3)OCCO4)CCCC2)cn1. The van der Waals surface area contributed by atoms with Crippen LogP contribution in [-0.2, 0) is 16.8 Å². The third kappa shape index (κ3) is 3.44. The molecule has 1 amide bonds. The predicted octanol–water partition coefficient (Wildman–Crippen LogP) is 2.99. The van der Waals surface area contributed by atoms with Gasteiger partial charge in [0.1, 0.15) is 13.2 Å². The Morgan fingerprint density at radius 1 is 1.15 bits per heavy atom. The molecule has 1 aliphatic carbocycles. The van der Waals surface area contributed by atoms with Gasteiger partial charge in [-0.15, -0.1) is 0 Å². The molecule has 2 aromatic rings. The van der Waals surface area contributed by atoms with Crippen LogP contribution in [0.15, 0.2) is 36.5 Å². The number of nitrogens with zero attached hydrogens (tertiary/aromatic N) is 1. The number of hydrogen-bond donors (Lipinski definition) is 1. The van der Waals surface area contributed by atoms with E-state index in [-0.39, 0.29) is 5.91 Å². The van der Waals surface area contributed by atoms with Gasteiger partial charge in [0, 0.05) is 18.8 Å². The fourth-order valence-electron chi connectivity index (χ4n) is 3.95. The van der Waals surface area contributed by atoms with Gasteiger partial charge >= 0.3 is 0 Å². The minimum atomic E-state index is -0.504. The molecule has 6 nitrogen and oxygen atoms in total. The van der Waals surface area contributed by atoms with E-state index >= 15 is 0 Å². The largest absolute Gasteiger partial charge is 0.486 e. The molecule has 1 aromatic heterocycles. The highest BCUT2D eigenvalue weighted by Gasteiger charge is 2.43. The van der Waals surface area contributed by atoms with Crippen molar-refractivity contribution in [3.63, 3.8) is 0 Å². The molecule has 1 N–H and O–H groups in total. The smallest absolute Gasteiger partial charge is 0.230 e. The maximum absolute atomic E-state index is 13.2. The van der Waals surface area contributed by atoms with Crippen LogP contribution in [0.2, 0.25) is 0 Å². The normalized spacial score (nSPS) is 17.4. The molecule has 1 aromatic carbocycles. The summed E-state index contributed by atoms with van der Waals surface area (Å²) in [4.78, 5) is 17.4. The van der Waals surface area contributed by atoms with Crippen molar-refractivity contribution >= 4 is 5.91 Å². The Bertz CT molecular complexity index is 813. The molecular weight excluding hydrogens is 344 g/mol. The molecule has 142 valence electrons. The predicted molar refractivity (Wildman–Crippen MR) is 100 cm³/mol. The second kappa shape index (κ2) is 7.47. The summed E-state index contributed by atoms with van der Waals surface area (Å²) in [5, 5.41) is 3.11. The van der Waals surface area contributed by atoms with Crippen molar-refractivity contribution in [2.24, 2.45) is 0 Å². The van der Waals surface area contributed by atoms with Crippen LogP contribution >= 0.6 is 0 Å². The van der Waals surface area contributed by atoms with Crippen molar-refractivity contribution < 1.29 is 19.0 Å². The lowest BCUT2D eigenvalue weighted by Crippen LogP contribution is -2.42. The number of methoxy groups -OCH3 is 1. The Labute approximate surface area is 158 Å². The van der Waals surface area contributed by atoms with Crippen LogP contribution in [0.4, 0.5) is 0 Å². The van der Waals surface area contributed by atoms with Gasteiger partial charge in [0.05, 0.1) is 12.5 Å². The molecule has 1 fully saturated rings. The summed E-state index contributed by atoms with van der Waals surface area (Å²) in [5.74, 6) is 2.11. The molecule has 2 aliphatic rings. The van der Waals surface area contributed by atoms with E-state index in [9.17, 15) is 4.79 Å². The Morgan fingerprint density at radius 2 is 1.93 bits per heavy atom. The monoisotopic (exact) mass is 368 g/mol. The van der Waals surface area contributed by atoms with Gasteiger partial charge in [-0.1, -0.05) is 25.0 Å². The van der Waals surface area contributed by atoms with Gasteiger partial charge in [-0.05, 0) is 36.1 Å². The third-order valence-electron chi connectivity index (χ3n) is 5.45. The molecule has 0 unspecified atom stereocenters. The first-order valence-corrected chi connectivity index (χ1v) is 9.39. The minimum Gasteiger partial charge on any atom is -0.486 e. The summed E-state index contributed by atoms with van der Waals surface area (Å²) < 4.78 is 16.4. The van der Waals surface area contributed by atoms with Gasteiger partial charge in [0.15, 0.2) is 11.5 Å². The van der Waals surface area contributed by atoms with E-state index in [0.717, 1.165) is 48.3 Å². The fourth-order valence-corrected chi connectivity index (χ4v) is 3.95. The number of carbonyl (C=O) groups excluding carboxylic acids is 1. The summed E-state index contributed by atoms with van der Waals surface area (Å²) in [7, 11) is 1.58. The first kappa shape index (κ1) is 17.6. The highest BCUT2D eigenvalue weighted by molar-refractivity contribution is 5.88. The quantitative estimate of drug-likeness (QED) is 0.879. The number of aromatic nitrogens is 1. The molecule has 0 radical (unpaired) electrons. The Kier molecular flexibility index (Phi) is 4.88. The topological polar surface area (TPSA) is 69.7 Å². The molecule has 0 atom stereocenters. The van der Waals surface area contributed by atoms with E-state index in [1.807, 2.05) is 24.3 Å². The minimum absolute atomic E-state index is 0.0625. The number of fused-ring (bicyclic) bond motifs is 1. The van der Waals surface area contributed by atoms with Gasteiger partial charge in [0.25, 0.3) is 0 Å². The summed E-state index contributed by atoms with van der Waals surface area (Å²) in [5.41, 5.74) is 1.45. The zero-order chi connectivity index (χ0) is 18.7. The number of amides is 1. The van der Waals surface area contributed by atoms with Gasteiger partial charge in [-0.2, -0.15) is 0 Å². The molecule has 0 bridgehead atoms. The van der Waals surface area contributed by atoms with Crippen molar-refractivity contribution in [1.29, 1.82) is 0 Å². The zero-order valence-corrected chi connectivity index (χ0v) is 15.5. The molecule has 6 heteroatoms. The fraction of sp³-hybridized carbons (Fsp3) is 0.429. The maximum atomic E-state index is 13.2. The molecule has 0 saturated heterocycles. The Balaban J connectivity index is 1.53. The molecule has 2 heterocycles. The van der Waals surface area contributed by atoms with Crippen molar-refractivity contribution in [2.45, 2.75) is 37.6 Å². The lowest BCUT2D eigenvalue weighted by molar-refractivity contribution is -0.126. The van der Waals surface area contributed by atoms with Crippen LogP contribution in [0.5, 0.6) is 17.4 Å². The number of carbonyl (C=O) groups is 1. The van der Waals surface area contributed by atoms with Crippen LogP contribution in [0, 0.1) is 0 Å². The van der Waals surface area contributed by atoms with Gasteiger partial charge < -0.3 is 19.5 Å². The molecule has 0 spiro atoms. The maximum Gasteiger partial charge on any atom is 0.230 e. The van der Waals surface area contributed by atoms with Crippen molar-refractivity contribution in [1.82, 2.24) is 10.3 Å². The van der Waals surface area contributed by atoms with Gasteiger partial charge in [0.2, 0.25) is 11.8 Å². The first-order valence-electron chi connectivity index (χ1n) is 9.39. The van der Waals surface area contributed by atoms with Crippen molar-refractivity contribution in [2.75, 3.05) is 20.3 Å². The molecule has 4 rings (SSSR count). The number of pyridine rings is 1. The molecule has 1 aliphatic heterocycles. The van der Waals surface area contributed by atoms with E-state index in [0.29, 0.717) is 25.6 Å².